The minimum atomic E-state index is -3.71. The van der Waals surface area contributed by atoms with Crippen molar-refractivity contribution in [3.63, 3.8) is 0 Å². The Labute approximate surface area is 217 Å². The zero-order chi connectivity index (χ0) is 26.5. The third-order valence-corrected chi connectivity index (χ3v) is 14.9. The number of hydrogen-bond acceptors (Lipinski definition) is 4. The fraction of sp³-hybridized carbons (Fsp3) is 0.483. The largest absolute Gasteiger partial charge is 0.415 e. The van der Waals surface area contributed by atoms with E-state index in [9.17, 15) is 13.2 Å². The van der Waals surface area contributed by atoms with E-state index < -0.39 is 18.3 Å². The first kappa shape index (κ1) is 27.0. The summed E-state index contributed by atoms with van der Waals surface area (Å²) in [6, 6.07) is 16.1. The second-order valence-electron chi connectivity index (χ2n) is 11.8. The second-order valence-corrected chi connectivity index (χ2v) is 18.5. The number of benzene rings is 2. The Morgan fingerprint density at radius 3 is 2.22 bits per heavy atom. The molecule has 0 unspecified atom stereocenters. The molecule has 2 aromatic carbocycles. The molecule has 0 N–H and O–H groups in total. The quantitative estimate of drug-likeness (QED) is 0.244. The molecular weight excluding hydrogens is 486 g/mol. The Bertz CT molecular complexity index is 1260. The van der Waals surface area contributed by atoms with E-state index >= 15 is 0 Å². The molecule has 1 aliphatic heterocycles. The van der Waals surface area contributed by atoms with E-state index in [2.05, 4.69) is 33.9 Å². The van der Waals surface area contributed by atoms with Gasteiger partial charge in [-0.2, -0.15) is 4.31 Å². The van der Waals surface area contributed by atoms with Crippen molar-refractivity contribution in [1.29, 1.82) is 0 Å². The average molecular weight is 526 g/mol. The highest BCUT2D eigenvalue weighted by Crippen LogP contribution is 2.48. The van der Waals surface area contributed by atoms with Crippen molar-refractivity contribution in [2.75, 3.05) is 13.2 Å². The van der Waals surface area contributed by atoms with Gasteiger partial charge in [0, 0.05) is 23.9 Å². The zero-order valence-corrected chi connectivity index (χ0v) is 24.4. The van der Waals surface area contributed by atoms with Gasteiger partial charge in [-0.05, 0) is 50.5 Å². The van der Waals surface area contributed by atoms with E-state index in [1.807, 2.05) is 56.3 Å². The van der Waals surface area contributed by atoms with Crippen LogP contribution in [-0.2, 0) is 14.4 Å². The van der Waals surface area contributed by atoms with Gasteiger partial charge >= 0.3 is 0 Å². The standard InChI is InChI=1S/C29H39NO4SSi/c1-20-13-15-23(16-14-20)35(32,33)30-18-26-21(2)24(28(31)22-11-9-8-10-12-22)17-25(26)27(30)19-34-36(6,7)29(3,4)5/h8-16,24-25,27H,17-19H2,1-7H3/t24-,25+,27-/m1/s1. The summed E-state index contributed by atoms with van der Waals surface area (Å²) in [4.78, 5) is 13.7. The fourth-order valence-corrected chi connectivity index (χ4v) is 7.78. The van der Waals surface area contributed by atoms with Gasteiger partial charge in [0.1, 0.15) is 0 Å². The van der Waals surface area contributed by atoms with Crippen LogP contribution in [0.25, 0.3) is 0 Å². The molecule has 194 valence electrons. The van der Waals surface area contributed by atoms with Crippen molar-refractivity contribution in [1.82, 2.24) is 4.31 Å². The van der Waals surface area contributed by atoms with Crippen LogP contribution in [-0.4, -0.2) is 46.0 Å². The molecule has 2 aliphatic rings. The van der Waals surface area contributed by atoms with Crippen LogP contribution in [0.4, 0.5) is 0 Å². The van der Waals surface area contributed by atoms with Gasteiger partial charge in [0.25, 0.3) is 0 Å². The molecule has 1 saturated heterocycles. The van der Waals surface area contributed by atoms with Crippen LogP contribution >= 0.6 is 0 Å². The number of carbonyl (C=O) groups excluding carboxylic acids is 1. The van der Waals surface area contributed by atoms with Crippen molar-refractivity contribution >= 4 is 24.1 Å². The molecule has 1 fully saturated rings. The van der Waals surface area contributed by atoms with E-state index in [4.69, 9.17) is 4.43 Å². The van der Waals surface area contributed by atoms with Crippen LogP contribution < -0.4 is 0 Å². The van der Waals surface area contributed by atoms with Crippen molar-refractivity contribution in [3.05, 3.63) is 76.9 Å². The Morgan fingerprint density at radius 2 is 1.64 bits per heavy atom. The molecular formula is C29H39NO4SSi. The van der Waals surface area contributed by atoms with Crippen LogP contribution in [0.5, 0.6) is 0 Å². The Morgan fingerprint density at radius 1 is 1.03 bits per heavy atom. The molecule has 1 aliphatic carbocycles. The van der Waals surface area contributed by atoms with Crippen molar-refractivity contribution < 1.29 is 17.6 Å². The van der Waals surface area contributed by atoms with Gasteiger partial charge in [0.15, 0.2) is 14.1 Å². The molecule has 7 heteroatoms. The smallest absolute Gasteiger partial charge is 0.243 e. The fourth-order valence-electron chi connectivity index (χ4n) is 5.13. The summed E-state index contributed by atoms with van der Waals surface area (Å²) < 4.78 is 35.9. The third-order valence-electron chi connectivity index (χ3n) is 8.55. The molecule has 0 radical (unpaired) electrons. The third kappa shape index (κ3) is 4.91. The van der Waals surface area contributed by atoms with Crippen LogP contribution in [0.1, 0.15) is 50.0 Å². The molecule has 2 aromatic rings. The van der Waals surface area contributed by atoms with E-state index in [0.29, 0.717) is 30.0 Å². The Hall–Kier alpha value is -2.06. The number of sulfonamides is 1. The number of Topliss-reactive ketones (excluding diaryl/α,β-unsaturated/α-hetero) is 1. The first-order chi connectivity index (χ1) is 16.7. The molecule has 0 spiro atoms. The maximum Gasteiger partial charge on any atom is 0.243 e. The Kier molecular flexibility index (Phi) is 7.25. The second kappa shape index (κ2) is 9.67. The van der Waals surface area contributed by atoms with Gasteiger partial charge in [-0.15, -0.1) is 0 Å². The molecule has 0 amide bonds. The van der Waals surface area contributed by atoms with Gasteiger partial charge in [0.2, 0.25) is 10.0 Å². The lowest BCUT2D eigenvalue weighted by molar-refractivity contribution is 0.0926. The van der Waals surface area contributed by atoms with Crippen LogP contribution in [0, 0.1) is 18.8 Å². The van der Waals surface area contributed by atoms with Gasteiger partial charge in [-0.3, -0.25) is 4.79 Å². The van der Waals surface area contributed by atoms with Crippen molar-refractivity contribution in [2.24, 2.45) is 11.8 Å². The highest BCUT2D eigenvalue weighted by Gasteiger charge is 2.51. The number of rotatable bonds is 7. The zero-order valence-electron chi connectivity index (χ0n) is 22.5. The van der Waals surface area contributed by atoms with Gasteiger partial charge in [-0.1, -0.05) is 79.9 Å². The maximum atomic E-state index is 13.8. The monoisotopic (exact) mass is 525 g/mol. The number of carbonyl (C=O) groups is 1. The van der Waals surface area contributed by atoms with E-state index in [1.165, 1.54) is 0 Å². The first-order valence-corrected chi connectivity index (χ1v) is 17.1. The lowest BCUT2D eigenvalue weighted by Gasteiger charge is -2.38. The highest BCUT2D eigenvalue weighted by molar-refractivity contribution is 7.89. The summed E-state index contributed by atoms with van der Waals surface area (Å²) in [5.41, 5.74) is 3.84. The predicted octanol–water partition coefficient (Wildman–Crippen LogP) is 6.23. The van der Waals surface area contributed by atoms with E-state index in [0.717, 1.165) is 16.7 Å². The molecule has 1 heterocycles. The summed E-state index contributed by atoms with van der Waals surface area (Å²) in [5.74, 6) is -0.119. The molecule has 36 heavy (non-hydrogen) atoms. The summed E-state index contributed by atoms with van der Waals surface area (Å²) in [5, 5.41) is 0.0162. The van der Waals surface area contributed by atoms with Gasteiger partial charge in [0.05, 0.1) is 17.5 Å². The Balaban J connectivity index is 1.69. The van der Waals surface area contributed by atoms with Crippen molar-refractivity contribution in [2.45, 2.75) is 70.1 Å². The first-order valence-electron chi connectivity index (χ1n) is 12.8. The normalized spacial score (nSPS) is 23.2. The SMILES string of the molecule is CC1=C2CN(S(=O)(=O)c3ccc(C)cc3)[C@H](CO[Si](C)(C)C(C)(C)C)[C@H]2C[C@H]1C(=O)c1ccccc1. The molecule has 4 rings (SSSR count). The number of ketones is 1. The summed E-state index contributed by atoms with van der Waals surface area (Å²) in [6.07, 6.45) is 0.625. The van der Waals surface area contributed by atoms with E-state index in [1.54, 1.807) is 16.4 Å². The predicted molar refractivity (Wildman–Crippen MR) is 147 cm³/mol. The maximum absolute atomic E-state index is 13.8. The lowest BCUT2D eigenvalue weighted by Crippen LogP contribution is -2.47. The lowest BCUT2D eigenvalue weighted by atomic mass is 9.89. The minimum Gasteiger partial charge on any atom is -0.415 e. The van der Waals surface area contributed by atoms with Crippen molar-refractivity contribution in [3.8, 4) is 0 Å². The summed E-state index contributed by atoms with van der Waals surface area (Å²) >= 11 is 0. The number of hydrogen-bond donors (Lipinski definition) is 0. The number of allylic oxidation sites excluding steroid dienone is 1. The van der Waals surface area contributed by atoms with Crippen LogP contribution in [0.2, 0.25) is 18.1 Å². The number of nitrogens with zero attached hydrogens (tertiary/aromatic N) is 1. The molecule has 0 aromatic heterocycles. The topological polar surface area (TPSA) is 63.7 Å². The van der Waals surface area contributed by atoms with Crippen LogP contribution in [0.15, 0.2) is 70.6 Å². The summed E-state index contributed by atoms with van der Waals surface area (Å²) in [7, 11) is -5.82. The minimum absolute atomic E-state index is 0.0162. The highest BCUT2D eigenvalue weighted by atomic mass is 32.2. The molecule has 0 bridgehead atoms. The summed E-state index contributed by atoms with van der Waals surface area (Å²) in [6.45, 7) is 15.6. The van der Waals surface area contributed by atoms with Crippen LogP contribution in [0.3, 0.4) is 0 Å². The molecule has 5 nitrogen and oxygen atoms in total. The number of fused-ring (bicyclic) bond motifs is 1. The molecule has 3 atom stereocenters. The average Bonchev–Trinajstić information content (AvgIpc) is 3.34. The van der Waals surface area contributed by atoms with E-state index in [-0.39, 0.29) is 28.7 Å². The number of aryl methyl sites for hydroxylation is 1. The molecule has 0 saturated carbocycles. The van der Waals surface area contributed by atoms with Gasteiger partial charge in [-0.25, -0.2) is 8.42 Å². The van der Waals surface area contributed by atoms with Gasteiger partial charge < -0.3 is 4.43 Å².